The first-order chi connectivity index (χ1) is 12.1. The van der Waals surface area contributed by atoms with E-state index in [1.807, 2.05) is 37.0 Å². The van der Waals surface area contributed by atoms with Gasteiger partial charge in [-0.3, -0.25) is 4.67 Å². The Morgan fingerprint density at radius 3 is 1.96 bits per heavy atom. The van der Waals surface area contributed by atoms with Crippen LogP contribution < -0.4 is 0 Å². The van der Waals surface area contributed by atoms with E-state index in [2.05, 4.69) is 55.5 Å². The SMILES string of the molecule is CCCCc1ccc([C@@H]2C=C[C@H](c3ccccc3)P2(=O)N(C)C)cc1. The highest BCUT2D eigenvalue weighted by molar-refractivity contribution is 7.63. The van der Waals surface area contributed by atoms with Gasteiger partial charge in [-0.1, -0.05) is 80.1 Å². The second kappa shape index (κ2) is 7.72. The lowest BCUT2D eigenvalue weighted by Gasteiger charge is -2.32. The molecule has 1 aliphatic rings. The monoisotopic (exact) mass is 353 g/mol. The molecule has 2 aromatic carbocycles. The molecule has 0 aliphatic carbocycles. The van der Waals surface area contributed by atoms with E-state index in [-0.39, 0.29) is 11.3 Å². The van der Waals surface area contributed by atoms with Crippen LogP contribution in [0.5, 0.6) is 0 Å². The molecule has 1 unspecified atom stereocenters. The van der Waals surface area contributed by atoms with Crippen LogP contribution in [0.1, 0.15) is 47.8 Å². The van der Waals surface area contributed by atoms with Crippen molar-refractivity contribution in [3.63, 3.8) is 0 Å². The fraction of sp³-hybridized carbons (Fsp3) is 0.364. The molecule has 1 aliphatic heterocycles. The molecule has 0 saturated carbocycles. The summed E-state index contributed by atoms with van der Waals surface area (Å²) in [6.45, 7) is 2.22. The highest BCUT2D eigenvalue weighted by atomic mass is 31.2. The quantitative estimate of drug-likeness (QED) is 0.454. The van der Waals surface area contributed by atoms with E-state index in [4.69, 9.17) is 0 Å². The molecule has 0 radical (unpaired) electrons. The lowest BCUT2D eigenvalue weighted by Crippen LogP contribution is -2.15. The maximum Gasteiger partial charge on any atom is 0.171 e. The van der Waals surface area contributed by atoms with Crippen molar-refractivity contribution in [2.45, 2.75) is 37.5 Å². The number of hydrogen-bond donors (Lipinski definition) is 0. The molecule has 3 heteroatoms. The summed E-state index contributed by atoms with van der Waals surface area (Å²) in [4.78, 5) is 0. The molecule has 0 bridgehead atoms. The lowest BCUT2D eigenvalue weighted by molar-refractivity contribution is 0.505. The number of aryl methyl sites for hydroxylation is 1. The number of benzene rings is 2. The summed E-state index contributed by atoms with van der Waals surface area (Å²) >= 11 is 0. The van der Waals surface area contributed by atoms with Gasteiger partial charge in [-0.15, -0.1) is 0 Å². The minimum atomic E-state index is -2.62. The average molecular weight is 353 g/mol. The highest BCUT2D eigenvalue weighted by Crippen LogP contribution is 2.74. The molecular formula is C22H28NOP. The fourth-order valence-electron chi connectivity index (χ4n) is 3.69. The number of hydrogen-bond acceptors (Lipinski definition) is 1. The minimum absolute atomic E-state index is 0.0338. The first-order valence-corrected chi connectivity index (χ1v) is 11.0. The number of rotatable bonds is 6. The maximum atomic E-state index is 14.1. The van der Waals surface area contributed by atoms with Crippen molar-refractivity contribution in [1.29, 1.82) is 0 Å². The van der Waals surface area contributed by atoms with Crippen LogP contribution in [0, 0.1) is 0 Å². The molecule has 2 nitrogen and oxygen atoms in total. The third-order valence-electron chi connectivity index (χ3n) is 5.18. The Bertz CT molecular complexity index is 764. The zero-order valence-corrected chi connectivity index (χ0v) is 16.3. The van der Waals surface area contributed by atoms with Crippen LogP contribution in [0.2, 0.25) is 0 Å². The summed E-state index contributed by atoms with van der Waals surface area (Å²) < 4.78 is 16.1. The molecule has 25 heavy (non-hydrogen) atoms. The van der Waals surface area contributed by atoms with Gasteiger partial charge >= 0.3 is 0 Å². The summed E-state index contributed by atoms with van der Waals surface area (Å²) in [6, 6.07) is 19.0. The molecule has 0 spiro atoms. The van der Waals surface area contributed by atoms with Crippen LogP contribution in [0.4, 0.5) is 0 Å². The predicted octanol–water partition coefficient (Wildman–Crippen LogP) is 6.22. The van der Waals surface area contributed by atoms with Gasteiger partial charge in [-0.25, -0.2) is 0 Å². The highest BCUT2D eigenvalue weighted by Gasteiger charge is 2.45. The van der Waals surface area contributed by atoms with E-state index < -0.39 is 7.29 Å². The molecule has 132 valence electrons. The Morgan fingerprint density at radius 1 is 0.880 bits per heavy atom. The van der Waals surface area contributed by atoms with Gasteiger partial charge in [0.1, 0.15) is 0 Å². The largest absolute Gasteiger partial charge is 0.305 e. The summed E-state index contributed by atoms with van der Waals surface area (Å²) in [5, 5.41) is 0. The van der Waals surface area contributed by atoms with Gasteiger partial charge in [0.25, 0.3) is 0 Å². The van der Waals surface area contributed by atoms with Crippen LogP contribution in [-0.2, 0) is 11.0 Å². The molecular weight excluding hydrogens is 325 g/mol. The van der Waals surface area contributed by atoms with Crippen molar-refractivity contribution in [1.82, 2.24) is 4.67 Å². The second-order valence-electron chi connectivity index (χ2n) is 7.05. The summed E-state index contributed by atoms with van der Waals surface area (Å²) in [5.74, 6) is 0. The van der Waals surface area contributed by atoms with E-state index in [0.29, 0.717) is 0 Å². The van der Waals surface area contributed by atoms with Gasteiger partial charge in [-0.05, 0) is 43.6 Å². The van der Waals surface area contributed by atoms with Crippen molar-refractivity contribution < 1.29 is 4.57 Å². The van der Waals surface area contributed by atoms with Crippen molar-refractivity contribution in [2.75, 3.05) is 14.1 Å². The van der Waals surface area contributed by atoms with E-state index in [1.54, 1.807) is 0 Å². The zero-order valence-electron chi connectivity index (χ0n) is 15.4. The Balaban J connectivity index is 1.91. The summed E-state index contributed by atoms with van der Waals surface area (Å²) in [6.07, 6.45) is 7.84. The Labute approximate surface area is 152 Å². The standard InChI is InChI=1S/C22H28NOP/c1-4-5-9-18-12-14-20(15-13-18)22-17-16-21(25(22,24)23(2)3)19-10-7-6-8-11-19/h6-8,10-17,21-22H,4-5,9H2,1-3H3/t21-,22+,25?/m1/s1. The lowest BCUT2D eigenvalue weighted by atomic mass is 10.0. The van der Waals surface area contributed by atoms with Gasteiger partial charge in [0.15, 0.2) is 7.29 Å². The first kappa shape index (κ1) is 18.2. The third kappa shape index (κ3) is 3.52. The van der Waals surface area contributed by atoms with Crippen molar-refractivity contribution >= 4 is 7.29 Å². The van der Waals surface area contributed by atoms with E-state index in [1.165, 1.54) is 18.4 Å². The molecule has 0 N–H and O–H groups in total. The van der Waals surface area contributed by atoms with Crippen LogP contribution in [0.3, 0.4) is 0 Å². The summed E-state index contributed by atoms with van der Waals surface area (Å²) in [5.41, 5.74) is 3.60. The van der Waals surface area contributed by atoms with Gasteiger partial charge < -0.3 is 4.57 Å². The minimum Gasteiger partial charge on any atom is -0.305 e. The van der Waals surface area contributed by atoms with Gasteiger partial charge in [0, 0.05) is 0 Å². The molecule has 0 fully saturated rings. The molecule has 3 rings (SSSR count). The Hall–Kier alpha value is -1.63. The predicted molar refractivity (Wildman–Crippen MR) is 107 cm³/mol. The van der Waals surface area contributed by atoms with Crippen LogP contribution in [0.15, 0.2) is 66.7 Å². The smallest absolute Gasteiger partial charge is 0.171 e. The Kier molecular flexibility index (Phi) is 5.61. The summed E-state index contributed by atoms with van der Waals surface area (Å²) in [7, 11) is 1.28. The zero-order chi connectivity index (χ0) is 17.9. The molecule has 0 saturated heterocycles. The van der Waals surface area contributed by atoms with Gasteiger partial charge in [0.2, 0.25) is 0 Å². The van der Waals surface area contributed by atoms with Crippen LogP contribution >= 0.6 is 7.29 Å². The fourth-order valence-corrected chi connectivity index (χ4v) is 6.92. The van der Waals surface area contributed by atoms with Gasteiger partial charge in [-0.2, -0.15) is 0 Å². The number of nitrogens with zero attached hydrogens (tertiary/aromatic N) is 1. The van der Waals surface area contributed by atoms with E-state index in [9.17, 15) is 4.57 Å². The number of allylic oxidation sites excluding steroid dienone is 2. The van der Waals surface area contributed by atoms with Crippen molar-refractivity contribution in [2.24, 2.45) is 0 Å². The maximum absolute atomic E-state index is 14.1. The average Bonchev–Trinajstić information content (AvgIpc) is 3.00. The topological polar surface area (TPSA) is 20.3 Å². The van der Waals surface area contributed by atoms with Gasteiger partial charge in [0.05, 0.1) is 11.3 Å². The molecule has 0 aromatic heterocycles. The van der Waals surface area contributed by atoms with Crippen molar-refractivity contribution in [3.8, 4) is 0 Å². The van der Waals surface area contributed by atoms with Crippen LogP contribution in [0.25, 0.3) is 0 Å². The van der Waals surface area contributed by atoms with Crippen LogP contribution in [-0.4, -0.2) is 18.8 Å². The number of unbranched alkanes of at least 4 members (excludes halogenated alkanes) is 1. The first-order valence-electron chi connectivity index (χ1n) is 9.16. The Morgan fingerprint density at radius 2 is 1.44 bits per heavy atom. The molecule has 2 aromatic rings. The third-order valence-corrected chi connectivity index (χ3v) is 8.96. The van der Waals surface area contributed by atoms with E-state index in [0.717, 1.165) is 17.5 Å². The molecule has 3 atom stereocenters. The van der Waals surface area contributed by atoms with E-state index >= 15 is 0 Å². The second-order valence-corrected chi connectivity index (χ2v) is 10.3. The molecule has 0 amide bonds. The molecule has 1 heterocycles. The normalized spacial score (nSPS) is 25.6. The van der Waals surface area contributed by atoms with Crippen molar-refractivity contribution in [3.05, 3.63) is 83.4 Å².